The first kappa shape index (κ1) is 13.3. The molecule has 3 heteroatoms. The molecule has 3 aliphatic rings. The Morgan fingerprint density at radius 1 is 1.29 bits per heavy atom. The van der Waals surface area contributed by atoms with Crippen LogP contribution in [0.15, 0.2) is 18.2 Å². The summed E-state index contributed by atoms with van der Waals surface area (Å²) in [6.07, 6.45) is 6.11. The van der Waals surface area contributed by atoms with Crippen molar-refractivity contribution in [3.05, 3.63) is 29.3 Å². The number of Topliss-reactive ketones (excluding diaryl/α,β-unsaturated/α-hetero) is 1. The second kappa shape index (κ2) is 5.13. The molecule has 4 rings (SSSR count). The van der Waals surface area contributed by atoms with Crippen molar-refractivity contribution in [3.63, 3.8) is 0 Å². The Labute approximate surface area is 125 Å². The van der Waals surface area contributed by atoms with Crippen molar-refractivity contribution in [1.29, 1.82) is 0 Å². The van der Waals surface area contributed by atoms with Gasteiger partial charge in [0.2, 0.25) is 0 Å². The van der Waals surface area contributed by atoms with Gasteiger partial charge in [-0.05, 0) is 54.7 Å². The summed E-state index contributed by atoms with van der Waals surface area (Å²) >= 11 is 0. The largest absolute Gasteiger partial charge is 0.493 e. The number of hydrogen-bond acceptors (Lipinski definition) is 3. The Kier molecular flexibility index (Phi) is 3.26. The summed E-state index contributed by atoms with van der Waals surface area (Å²) in [6.45, 7) is 0.789. The zero-order chi connectivity index (χ0) is 14.4. The fraction of sp³-hybridized carbons (Fsp3) is 0.611. The Morgan fingerprint density at radius 3 is 2.95 bits per heavy atom. The van der Waals surface area contributed by atoms with E-state index in [0.29, 0.717) is 24.0 Å². The smallest absolute Gasteiger partial charge is 0.138 e. The molecule has 112 valence electrons. The molecule has 2 saturated carbocycles. The Balaban J connectivity index is 1.39. The van der Waals surface area contributed by atoms with Crippen LogP contribution in [0.3, 0.4) is 0 Å². The molecule has 4 unspecified atom stereocenters. The van der Waals surface area contributed by atoms with Crippen LogP contribution in [0, 0.1) is 17.8 Å². The topological polar surface area (TPSA) is 52.3 Å². The third-order valence-corrected chi connectivity index (χ3v) is 5.77. The van der Waals surface area contributed by atoms with Gasteiger partial charge in [0.15, 0.2) is 0 Å². The van der Waals surface area contributed by atoms with Crippen molar-refractivity contribution in [1.82, 2.24) is 0 Å². The van der Waals surface area contributed by atoms with Crippen LogP contribution in [0.5, 0.6) is 5.75 Å². The summed E-state index contributed by atoms with van der Waals surface area (Å²) in [7, 11) is 0. The Morgan fingerprint density at radius 2 is 2.14 bits per heavy atom. The summed E-state index contributed by atoms with van der Waals surface area (Å²) < 4.78 is 5.52. The van der Waals surface area contributed by atoms with Crippen LogP contribution in [-0.2, 0) is 17.6 Å². The number of aryl methyl sites for hydroxylation is 1. The zero-order valence-corrected chi connectivity index (χ0v) is 12.4. The fourth-order valence-electron chi connectivity index (χ4n) is 4.64. The maximum atomic E-state index is 12.5. The van der Waals surface area contributed by atoms with E-state index in [1.807, 2.05) is 6.07 Å². The minimum atomic E-state index is 0.129. The lowest BCUT2D eigenvalue weighted by Gasteiger charge is -2.26. The molecule has 0 saturated heterocycles. The lowest BCUT2D eigenvalue weighted by molar-refractivity contribution is -0.124. The van der Waals surface area contributed by atoms with Crippen molar-refractivity contribution in [2.45, 2.75) is 44.6 Å². The first-order valence-electron chi connectivity index (χ1n) is 8.25. The summed E-state index contributed by atoms with van der Waals surface area (Å²) in [6, 6.07) is 6.48. The average molecular weight is 285 g/mol. The van der Waals surface area contributed by atoms with Crippen LogP contribution < -0.4 is 10.5 Å². The highest BCUT2D eigenvalue weighted by Gasteiger charge is 2.48. The summed E-state index contributed by atoms with van der Waals surface area (Å²) in [5.41, 5.74) is 8.81. The van der Waals surface area contributed by atoms with E-state index < -0.39 is 0 Å². The predicted octanol–water partition coefficient (Wildman–Crippen LogP) is 2.50. The van der Waals surface area contributed by atoms with E-state index in [1.165, 1.54) is 30.4 Å². The minimum Gasteiger partial charge on any atom is -0.493 e. The van der Waals surface area contributed by atoms with Crippen LogP contribution >= 0.6 is 0 Å². The van der Waals surface area contributed by atoms with Gasteiger partial charge in [0.1, 0.15) is 11.5 Å². The van der Waals surface area contributed by atoms with Gasteiger partial charge in [0.25, 0.3) is 0 Å². The SMILES string of the molecule is NC1C2CCC(C2)C1C(=O)CCc1ccc2c(c1)CCO2. The summed E-state index contributed by atoms with van der Waals surface area (Å²) in [5, 5.41) is 0. The van der Waals surface area contributed by atoms with Gasteiger partial charge >= 0.3 is 0 Å². The van der Waals surface area contributed by atoms with Crippen molar-refractivity contribution >= 4 is 5.78 Å². The second-order valence-electron chi connectivity index (χ2n) is 6.94. The summed E-state index contributed by atoms with van der Waals surface area (Å²) in [5.74, 6) is 2.74. The Hall–Kier alpha value is -1.35. The van der Waals surface area contributed by atoms with Crippen LogP contribution in [0.1, 0.15) is 36.8 Å². The second-order valence-corrected chi connectivity index (χ2v) is 6.94. The van der Waals surface area contributed by atoms with Gasteiger partial charge in [-0.1, -0.05) is 12.1 Å². The van der Waals surface area contributed by atoms with Crippen LogP contribution in [0.2, 0.25) is 0 Å². The molecule has 0 aromatic heterocycles. The maximum Gasteiger partial charge on any atom is 0.138 e. The van der Waals surface area contributed by atoms with Crippen molar-refractivity contribution in [2.75, 3.05) is 6.61 Å². The van der Waals surface area contributed by atoms with E-state index in [4.69, 9.17) is 10.5 Å². The minimum absolute atomic E-state index is 0.129. The standard InChI is InChI=1S/C18H23NO2/c19-18-14-4-3-13(10-14)17(18)15(20)5-1-11-2-6-16-12(9-11)7-8-21-16/h2,6,9,13-14,17-18H,1,3-5,7-8,10,19H2. The van der Waals surface area contributed by atoms with E-state index in [9.17, 15) is 4.79 Å². The van der Waals surface area contributed by atoms with Gasteiger partial charge in [-0.3, -0.25) is 4.79 Å². The highest BCUT2D eigenvalue weighted by molar-refractivity contribution is 5.83. The molecule has 4 atom stereocenters. The maximum absolute atomic E-state index is 12.5. The molecule has 0 spiro atoms. The van der Waals surface area contributed by atoms with E-state index in [1.54, 1.807) is 0 Å². The number of ether oxygens (including phenoxy) is 1. The number of fused-ring (bicyclic) bond motifs is 3. The molecule has 1 aliphatic heterocycles. The zero-order valence-electron chi connectivity index (χ0n) is 12.4. The number of ketones is 1. The molecule has 21 heavy (non-hydrogen) atoms. The number of rotatable bonds is 4. The van der Waals surface area contributed by atoms with Crippen molar-refractivity contribution < 1.29 is 9.53 Å². The van der Waals surface area contributed by atoms with Crippen LogP contribution in [-0.4, -0.2) is 18.4 Å². The molecular formula is C18H23NO2. The van der Waals surface area contributed by atoms with Gasteiger partial charge in [-0.15, -0.1) is 0 Å². The fourth-order valence-corrected chi connectivity index (χ4v) is 4.64. The summed E-state index contributed by atoms with van der Waals surface area (Å²) in [4.78, 5) is 12.5. The molecule has 2 aliphatic carbocycles. The van der Waals surface area contributed by atoms with E-state index in [2.05, 4.69) is 12.1 Å². The first-order valence-corrected chi connectivity index (χ1v) is 8.25. The highest BCUT2D eigenvalue weighted by atomic mass is 16.5. The Bertz CT molecular complexity index is 566. The molecule has 3 nitrogen and oxygen atoms in total. The number of benzene rings is 1. The van der Waals surface area contributed by atoms with Gasteiger partial charge in [-0.25, -0.2) is 0 Å². The monoisotopic (exact) mass is 285 g/mol. The molecule has 1 aromatic carbocycles. The quantitative estimate of drug-likeness (QED) is 0.924. The molecule has 2 N–H and O–H groups in total. The molecule has 0 radical (unpaired) electrons. The first-order chi connectivity index (χ1) is 10.2. The van der Waals surface area contributed by atoms with Gasteiger partial charge < -0.3 is 10.5 Å². The average Bonchev–Trinajstić information content (AvgIpc) is 3.19. The molecule has 1 heterocycles. The lowest BCUT2D eigenvalue weighted by Crippen LogP contribution is -2.40. The number of hydrogen-bond donors (Lipinski definition) is 1. The third kappa shape index (κ3) is 2.28. The van der Waals surface area contributed by atoms with Gasteiger partial charge in [0, 0.05) is 24.8 Å². The third-order valence-electron chi connectivity index (χ3n) is 5.77. The van der Waals surface area contributed by atoms with E-state index in [0.717, 1.165) is 25.2 Å². The molecule has 1 aromatic rings. The van der Waals surface area contributed by atoms with Crippen molar-refractivity contribution in [3.8, 4) is 5.75 Å². The predicted molar refractivity (Wildman–Crippen MR) is 81.3 cm³/mol. The van der Waals surface area contributed by atoms with E-state index in [-0.39, 0.29) is 12.0 Å². The molecule has 2 bridgehead atoms. The number of carbonyl (C=O) groups is 1. The molecule has 0 amide bonds. The van der Waals surface area contributed by atoms with Gasteiger partial charge in [-0.2, -0.15) is 0 Å². The highest BCUT2D eigenvalue weighted by Crippen LogP contribution is 2.48. The normalized spacial score (nSPS) is 33.0. The van der Waals surface area contributed by atoms with E-state index >= 15 is 0 Å². The van der Waals surface area contributed by atoms with Crippen LogP contribution in [0.25, 0.3) is 0 Å². The molecule has 2 fully saturated rings. The lowest BCUT2D eigenvalue weighted by atomic mass is 9.80. The van der Waals surface area contributed by atoms with Crippen LogP contribution in [0.4, 0.5) is 0 Å². The number of nitrogens with two attached hydrogens (primary N) is 1. The molecular weight excluding hydrogens is 262 g/mol. The van der Waals surface area contributed by atoms with Crippen molar-refractivity contribution in [2.24, 2.45) is 23.5 Å². The van der Waals surface area contributed by atoms with Gasteiger partial charge in [0.05, 0.1) is 6.61 Å². The number of carbonyl (C=O) groups excluding carboxylic acids is 1.